The molecule has 1 rings (SSSR count). The van der Waals surface area contributed by atoms with Crippen molar-refractivity contribution < 1.29 is 29.6 Å². The van der Waals surface area contributed by atoms with E-state index in [0.29, 0.717) is 0 Å². The first kappa shape index (κ1) is 12.1. The van der Waals surface area contributed by atoms with E-state index >= 15 is 0 Å². The Bertz CT molecular complexity index is 234. The number of aliphatic carboxylic acids is 1. The predicted molar refractivity (Wildman–Crippen MR) is 53.1 cm³/mol. The number of methoxy groups -OCH3 is 1. The van der Waals surface area contributed by atoms with E-state index in [1.807, 2.05) is 22.6 Å². The van der Waals surface area contributed by atoms with Gasteiger partial charge in [0.25, 0.3) is 5.79 Å². The Morgan fingerprint density at radius 3 is 2.64 bits per heavy atom. The molecule has 3 N–H and O–H groups in total. The topological polar surface area (TPSA) is 96.2 Å². The number of aliphatic hydroxyl groups excluding tert-OH is 2. The van der Waals surface area contributed by atoms with Gasteiger partial charge in [-0.2, -0.15) is 0 Å². The number of hydrogen-bond donors (Lipinski definition) is 3. The van der Waals surface area contributed by atoms with Gasteiger partial charge in [0.15, 0.2) is 0 Å². The van der Waals surface area contributed by atoms with Gasteiger partial charge in [-0.15, -0.1) is 0 Å². The van der Waals surface area contributed by atoms with Crippen LogP contribution in [0, 0.1) is 0 Å². The highest BCUT2D eigenvalue weighted by atomic mass is 127. The second-order valence-corrected chi connectivity index (χ2v) is 4.54. The third-order valence-corrected chi connectivity index (χ3v) is 3.24. The first-order chi connectivity index (χ1) is 6.45. The molecule has 1 saturated heterocycles. The Balaban J connectivity index is 2.93. The summed E-state index contributed by atoms with van der Waals surface area (Å²) in [5.74, 6) is -3.60. The van der Waals surface area contributed by atoms with Gasteiger partial charge < -0.3 is 24.8 Å². The van der Waals surface area contributed by atoms with Crippen molar-refractivity contribution >= 4 is 28.6 Å². The van der Waals surface area contributed by atoms with Crippen molar-refractivity contribution in [3.63, 3.8) is 0 Å². The largest absolute Gasteiger partial charge is 0.477 e. The van der Waals surface area contributed by atoms with E-state index in [-0.39, 0.29) is 10.5 Å². The summed E-state index contributed by atoms with van der Waals surface area (Å²) in [6.45, 7) is 0.0128. The minimum atomic E-state index is -2.15. The first-order valence-electron chi connectivity index (χ1n) is 3.88. The molecule has 0 aliphatic carbocycles. The fourth-order valence-electron chi connectivity index (χ4n) is 1.27. The normalized spacial score (nSPS) is 43.6. The maximum atomic E-state index is 10.8. The molecule has 1 fully saturated rings. The standard InChI is InChI=1S/C7H11IO6/c1-13-7(6(11)12)5(10)4(9)3(8)2-14-7/h3-5,9-10H,2H2,1H3,(H,11,12). The number of alkyl halides is 1. The molecule has 4 unspecified atom stereocenters. The van der Waals surface area contributed by atoms with Crippen LogP contribution in [-0.4, -0.2) is 56.9 Å². The Kier molecular flexibility index (Phi) is 3.69. The van der Waals surface area contributed by atoms with E-state index in [1.54, 1.807) is 0 Å². The fourth-order valence-corrected chi connectivity index (χ4v) is 1.84. The quantitative estimate of drug-likeness (QED) is 0.445. The van der Waals surface area contributed by atoms with Gasteiger partial charge in [-0.05, 0) is 0 Å². The zero-order chi connectivity index (χ0) is 10.9. The van der Waals surface area contributed by atoms with Crippen LogP contribution in [0.15, 0.2) is 0 Å². The highest BCUT2D eigenvalue weighted by Gasteiger charge is 2.55. The van der Waals surface area contributed by atoms with Crippen molar-refractivity contribution in [1.29, 1.82) is 0 Å². The highest BCUT2D eigenvalue weighted by Crippen LogP contribution is 2.30. The SMILES string of the molecule is COC1(C(=O)O)OCC(I)C(O)C1O. The number of carboxylic acid groups (broad SMARTS) is 1. The molecular weight excluding hydrogens is 307 g/mol. The van der Waals surface area contributed by atoms with Gasteiger partial charge in [0.2, 0.25) is 0 Å². The third-order valence-electron chi connectivity index (χ3n) is 2.14. The molecule has 0 radical (unpaired) electrons. The van der Waals surface area contributed by atoms with Gasteiger partial charge in [-0.1, -0.05) is 22.6 Å². The molecule has 1 aliphatic heterocycles. The first-order valence-corrected chi connectivity index (χ1v) is 5.13. The van der Waals surface area contributed by atoms with Crippen LogP contribution in [-0.2, 0) is 14.3 Å². The molecule has 0 aromatic carbocycles. The van der Waals surface area contributed by atoms with Crippen LogP contribution in [0.3, 0.4) is 0 Å². The van der Waals surface area contributed by atoms with Gasteiger partial charge in [0.05, 0.1) is 16.6 Å². The Labute approximate surface area is 94.0 Å². The zero-order valence-electron chi connectivity index (χ0n) is 7.38. The monoisotopic (exact) mass is 318 g/mol. The lowest BCUT2D eigenvalue weighted by Gasteiger charge is -2.40. The molecule has 7 heteroatoms. The number of halogens is 1. The molecule has 1 heterocycles. The van der Waals surface area contributed by atoms with Crippen LogP contribution >= 0.6 is 22.6 Å². The summed E-state index contributed by atoms with van der Waals surface area (Å²) in [5.41, 5.74) is 0. The van der Waals surface area contributed by atoms with Gasteiger partial charge in [0.1, 0.15) is 6.10 Å². The van der Waals surface area contributed by atoms with E-state index in [2.05, 4.69) is 4.74 Å². The number of ether oxygens (including phenoxy) is 2. The minimum absolute atomic E-state index is 0.0128. The van der Waals surface area contributed by atoms with Crippen molar-refractivity contribution in [3.05, 3.63) is 0 Å². The number of aliphatic hydroxyl groups is 2. The van der Waals surface area contributed by atoms with E-state index < -0.39 is 24.0 Å². The lowest BCUT2D eigenvalue weighted by atomic mass is 9.99. The molecule has 0 saturated carbocycles. The van der Waals surface area contributed by atoms with Crippen molar-refractivity contribution in [2.75, 3.05) is 13.7 Å². The maximum Gasteiger partial charge on any atom is 0.367 e. The van der Waals surface area contributed by atoms with Crippen LogP contribution in [0.5, 0.6) is 0 Å². The summed E-state index contributed by atoms with van der Waals surface area (Å²) in [7, 11) is 1.11. The lowest BCUT2D eigenvalue weighted by molar-refractivity contribution is -0.299. The molecule has 6 nitrogen and oxygen atoms in total. The summed E-state index contributed by atoms with van der Waals surface area (Å²) in [5, 5.41) is 27.9. The summed E-state index contributed by atoms with van der Waals surface area (Å²) in [4.78, 5) is 10.8. The summed E-state index contributed by atoms with van der Waals surface area (Å²) in [6.07, 6.45) is -2.78. The number of carboxylic acids is 1. The number of rotatable bonds is 2. The predicted octanol–water partition coefficient (Wildman–Crippen LogP) is -1.03. The number of hydrogen-bond acceptors (Lipinski definition) is 5. The second kappa shape index (κ2) is 4.27. The molecule has 0 aromatic rings. The molecule has 14 heavy (non-hydrogen) atoms. The van der Waals surface area contributed by atoms with Gasteiger partial charge in [0, 0.05) is 7.11 Å². The van der Waals surface area contributed by atoms with E-state index in [4.69, 9.17) is 9.84 Å². The van der Waals surface area contributed by atoms with Crippen molar-refractivity contribution in [2.24, 2.45) is 0 Å². The Morgan fingerprint density at radius 2 is 2.21 bits per heavy atom. The van der Waals surface area contributed by atoms with Crippen molar-refractivity contribution in [2.45, 2.75) is 21.9 Å². The summed E-state index contributed by atoms with van der Waals surface area (Å²) >= 11 is 1.87. The molecule has 0 aromatic heterocycles. The second-order valence-electron chi connectivity index (χ2n) is 2.94. The van der Waals surface area contributed by atoms with Crippen molar-refractivity contribution in [1.82, 2.24) is 0 Å². The third kappa shape index (κ3) is 1.74. The molecule has 0 spiro atoms. The van der Waals surface area contributed by atoms with Gasteiger partial charge in [-0.3, -0.25) is 0 Å². The smallest absolute Gasteiger partial charge is 0.367 e. The van der Waals surface area contributed by atoms with Crippen LogP contribution in [0.25, 0.3) is 0 Å². The molecule has 4 atom stereocenters. The average molecular weight is 318 g/mol. The molecular formula is C7H11IO6. The Hall–Kier alpha value is 0.0400. The average Bonchev–Trinajstić information content (AvgIpc) is 2.15. The van der Waals surface area contributed by atoms with Crippen LogP contribution in [0.1, 0.15) is 0 Å². The van der Waals surface area contributed by atoms with E-state index in [9.17, 15) is 15.0 Å². The van der Waals surface area contributed by atoms with E-state index in [1.165, 1.54) is 0 Å². The maximum absolute atomic E-state index is 10.8. The molecule has 0 amide bonds. The molecule has 82 valence electrons. The highest BCUT2D eigenvalue weighted by molar-refractivity contribution is 14.1. The molecule has 1 aliphatic rings. The number of carbonyl (C=O) groups is 1. The van der Waals surface area contributed by atoms with Crippen LogP contribution < -0.4 is 0 Å². The fraction of sp³-hybridized carbons (Fsp3) is 0.857. The van der Waals surface area contributed by atoms with E-state index in [0.717, 1.165) is 7.11 Å². The summed E-state index contributed by atoms with van der Waals surface area (Å²) < 4.78 is 9.21. The van der Waals surface area contributed by atoms with Crippen LogP contribution in [0.2, 0.25) is 0 Å². The lowest BCUT2D eigenvalue weighted by Crippen LogP contribution is -2.64. The summed E-state index contributed by atoms with van der Waals surface area (Å²) in [6, 6.07) is 0. The Morgan fingerprint density at radius 1 is 1.64 bits per heavy atom. The molecule has 0 bridgehead atoms. The van der Waals surface area contributed by atoms with Crippen LogP contribution in [0.4, 0.5) is 0 Å². The van der Waals surface area contributed by atoms with Crippen molar-refractivity contribution in [3.8, 4) is 0 Å². The van der Waals surface area contributed by atoms with Gasteiger partial charge in [-0.25, -0.2) is 4.79 Å². The minimum Gasteiger partial charge on any atom is -0.477 e. The zero-order valence-corrected chi connectivity index (χ0v) is 9.54. The van der Waals surface area contributed by atoms with Gasteiger partial charge >= 0.3 is 5.97 Å².